The summed E-state index contributed by atoms with van der Waals surface area (Å²) < 4.78 is 0. The van der Waals surface area contributed by atoms with Crippen LogP contribution >= 0.6 is 0 Å². The maximum absolute atomic E-state index is 12.3. The van der Waals surface area contributed by atoms with E-state index in [1.807, 2.05) is 45.9 Å². The van der Waals surface area contributed by atoms with Crippen molar-refractivity contribution >= 4 is 11.9 Å². The molecule has 1 aliphatic heterocycles. The minimum atomic E-state index is -0.437. The second-order valence-corrected chi connectivity index (χ2v) is 7.26. The van der Waals surface area contributed by atoms with Gasteiger partial charge in [0.15, 0.2) is 0 Å². The molecule has 5 heteroatoms. The number of rotatable bonds is 3. The van der Waals surface area contributed by atoms with Gasteiger partial charge in [0.2, 0.25) is 5.91 Å². The number of hydrogen-bond acceptors (Lipinski definition) is 3. The molecule has 5 nitrogen and oxygen atoms in total. The average Bonchev–Trinajstić information content (AvgIpc) is 2.95. The van der Waals surface area contributed by atoms with Crippen LogP contribution in [0.4, 0.5) is 4.79 Å². The molecular formula is C18H27N3O2. The van der Waals surface area contributed by atoms with Gasteiger partial charge < -0.3 is 5.32 Å². The molecule has 0 spiro atoms. The molecular weight excluding hydrogens is 290 g/mol. The van der Waals surface area contributed by atoms with E-state index in [9.17, 15) is 9.59 Å². The molecule has 2 atom stereocenters. The number of likely N-dealkylation sites (tertiary alicyclic amines) is 1. The summed E-state index contributed by atoms with van der Waals surface area (Å²) in [6, 6.07) is 9.63. The predicted molar refractivity (Wildman–Crippen MR) is 91.3 cm³/mol. The van der Waals surface area contributed by atoms with Crippen molar-refractivity contribution in [1.82, 2.24) is 15.5 Å². The summed E-state index contributed by atoms with van der Waals surface area (Å²) >= 11 is 0. The van der Waals surface area contributed by atoms with E-state index in [1.165, 1.54) is 5.56 Å². The fourth-order valence-corrected chi connectivity index (χ4v) is 2.89. The van der Waals surface area contributed by atoms with Crippen molar-refractivity contribution in [3.8, 4) is 0 Å². The SMILES string of the molecule is C[C@H](C(=O)NC(=O)NC(C)(C)C)N1CC[C@@H](c2ccccc2)C1. The van der Waals surface area contributed by atoms with E-state index in [4.69, 9.17) is 0 Å². The van der Waals surface area contributed by atoms with Gasteiger partial charge in [0.25, 0.3) is 0 Å². The lowest BCUT2D eigenvalue weighted by Crippen LogP contribution is -2.52. The number of carbonyl (C=O) groups excluding carboxylic acids is 2. The van der Waals surface area contributed by atoms with Crippen LogP contribution in [0.25, 0.3) is 0 Å². The van der Waals surface area contributed by atoms with E-state index in [0.717, 1.165) is 19.5 Å². The minimum Gasteiger partial charge on any atom is -0.333 e. The number of amides is 3. The number of nitrogens with one attached hydrogen (secondary N) is 2. The minimum absolute atomic E-state index is 0.250. The average molecular weight is 317 g/mol. The highest BCUT2D eigenvalue weighted by Crippen LogP contribution is 2.28. The molecule has 1 aliphatic rings. The van der Waals surface area contributed by atoms with Crippen molar-refractivity contribution in [2.75, 3.05) is 13.1 Å². The van der Waals surface area contributed by atoms with Crippen LogP contribution in [-0.4, -0.2) is 41.5 Å². The van der Waals surface area contributed by atoms with Crippen molar-refractivity contribution < 1.29 is 9.59 Å². The van der Waals surface area contributed by atoms with Crippen LogP contribution in [0.5, 0.6) is 0 Å². The highest BCUT2D eigenvalue weighted by Gasteiger charge is 2.31. The Morgan fingerprint density at radius 3 is 2.48 bits per heavy atom. The van der Waals surface area contributed by atoms with Gasteiger partial charge >= 0.3 is 6.03 Å². The Morgan fingerprint density at radius 2 is 1.87 bits per heavy atom. The van der Waals surface area contributed by atoms with Crippen LogP contribution in [-0.2, 0) is 4.79 Å². The molecule has 1 aromatic carbocycles. The second-order valence-electron chi connectivity index (χ2n) is 7.26. The normalized spacial score (nSPS) is 20.1. The molecule has 3 amide bonds. The number of nitrogens with zero attached hydrogens (tertiary/aromatic N) is 1. The third-order valence-corrected chi connectivity index (χ3v) is 4.14. The molecule has 0 bridgehead atoms. The first-order valence-electron chi connectivity index (χ1n) is 8.18. The van der Waals surface area contributed by atoms with Crippen LogP contribution in [0.1, 0.15) is 45.6 Å². The molecule has 23 heavy (non-hydrogen) atoms. The summed E-state index contributed by atoms with van der Waals surface area (Å²) in [7, 11) is 0. The number of urea groups is 1. The molecule has 126 valence electrons. The van der Waals surface area contributed by atoms with E-state index in [0.29, 0.717) is 5.92 Å². The van der Waals surface area contributed by atoms with Crippen LogP contribution in [0.3, 0.4) is 0 Å². The number of hydrogen-bond donors (Lipinski definition) is 2. The molecule has 1 aromatic rings. The largest absolute Gasteiger partial charge is 0.333 e. The Morgan fingerprint density at radius 1 is 1.22 bits per heavy atom. The lowest BCUT2D eigenvalue weighted by atomic mass is 9.99. The molecule has 1 saturated heterocycles. The summed E-state index contributed by atoms with van der Waals surface area (Å²) in [5.41, 5.74) is 0.952. The Balaban J connectivity index is 1.87. The first-order valence-corrected chi connectivity index (χ1v) is 8.18. The second kappa shape index (κ2) is 7.13. The molecule has 2 N–H and O–H groups in total. The maximum Gasteiger partial charge on any atom is 0.321 e. The van der Waals surface area contributed by atoms with Gasteiger partial charge in [-0.2, -0.15) is 0 Å². The van der Waals surface area contributed by atoms with Crippen molar-refractivity contribution in [3.05, 3.63) is 35.9 Å². The lowest BCUT2D eigenvalue weighted by molar-refractivity contribution is -0.124. The first-order chi connectivity index (χ1) is 10.8. The smallest absolute Gasteiger partial charge is 0.321 e. The molecule has 0 radical (unpaired) electrons. The van der Waals surface area contributed by atoms with Crippen molar-refractivity contribution in [2.24, 2.45) is 0 Å². The van der Waals surface area contributed by atoms with Gasteiger partial charge in [-0.25, -0.2) is 4.79 Å². The topological polar surface area (TPSA) is 61.4 Å². The Labute approximate surface area is 138 Å². The molecule has 2 rings (SSSR count). The quantitative estimate of drug-likeness (QED) is 0.900. The van der Waals surface area contributed by atoms with Gasteiger partial charge in [0.05, 0.1) is 6.04 Å². The number of imide groups is 1. The lowest BCUT2D eigenvalue weighted by Gasteiger charge is -2.25. The van der Waals surface area contributed by atoms with E-state index >= 15 is 0 Å². The zero-order chi connectivity index (χ0) is 17.0. The van der Waals surface area contributed by atoms with Gasteiger partial charge in [0, 0.05) is 12.1 Å². The third kappa shape index (κ3) is 5.06. The van der Waals surface area contributed by atoms with Gasteiger partial charge in [0.1, 0.15) is 0 Å². The zero-order valence-electron chi connectivity index (χ0n) is 14.4. The predicted octanol–water partition coefficient (Wildman–Crippen LogP) is 2.49. The van der Waals surface area contributed by atoms with Crippen molar-refractivity contribution in [1.29, 1.82) is 0 Å². The Kier molecular flexibility index (Phi) is 5.42. The molecule has 0 saturated carbocycles. The third-order valence-electron chi connectivity index (χ3n) is 4.14. The summed E-state index contributed by atoms with van der Waals surface area (Å²) in [4.78, 5) is 26.2. The number of carbonyl (C=O) groups is 2. The van der Waals surface area contributed by atoms with Crippen molar-refractivity contribution in [3.63, 3.8) is 0 Å². The summed E-state index contributed by atoms with van der Waals surface area (Å²) in [5.74, 6) is 0.204. The Hall–Kier alpha value is -1.88. The highest BCUT2D eigenvalue weighted by atomic mass is 16.2. The fourth-order valence-electron chi connectivity index (χ4n) is 2.89. The summed E-state index contributed by atoms with van der Waals surface area (Å²) in [6.07, 6.45) is 1.04. The summed E-state index contributed by atoms with van der Waals surface area (Å²) in [6.45, 7) is 9.21. The van der Waals surface area contributed by atoms with E-state index in [1.54, 1.807) is 0 Å². The van der Waals surface area contributed by atoms with Gasteiger partial charge in [-0.05, 0) is 52.1 Å². The molecule has 1 heterocycles. The van der Waals surface area contributed by atoms with Gasteiger partial charge in [-0.1, -0.05) is 30.3 Å². The summed E-state index contributed by atoms with van der Waals surface area (Å²) in [5, 5.41) is 5.18. The fraction of sp³-hybridized carbons (Fsp3) is 0.556. The van der Waals surface area contributed by atoms with Crippen LogP contribution in [0.2, 0.25) is 0 Å². The Bertz CT molecular complexity index is 551. The van der Waals surface area contributed by atoms with Crippen LogP contribution in [0.15, 0.2) is 30.3 Å². The molecule has 0 aliphatic carbocycles. The van der Waals surface area contributed by atoms with Gasteiger partial charge in [-0.3, -0.25) is 15.0 Å². The number of benzene rings is 1. The highest BCUT2D eigenvalue weighted by molar-refractivity contribution is 5.97. The van der Waals surface area contributed by atoms with E-state index < -0.39 is 6.03 Å². The van der Waals surface area contributed by atoms with Gasteiger partial charge in [-0.15, -0.1) is 0 Å². The van der Waals surface area contributed by atoms with Crippen LogP contribution < -0.4 is 10.6 Å². The van der Waals surface area contributed by atoms with E-state index in [2.05, 4.69) is 27.7 Å². The standard InChI is InChI=1S/C18H27N3O2/c1-13(16(22)19-17(23)20-18(2,3)4)21-11-10-15(12-21)14-8-6-5-7-9-14/h5-9,13,15H,10-12H2,1-4H3,(H2,19,20,22,23)/t13-,15-/m1/s1. The monoisotopic (exact) mass is 317 g/mol. The maximum atomic E-state index is 12.3. The molecule has 1 fully saturated rings. The molecule has 0 unspecified atom stereocenters. The zero-order valence-corrected chi connectivity index (χ0v) is 14.4. The first kappa shape index (κ1) is 17.5. The van der Waals surface area contributed by atoms with Crippen molar-refractivity contribution in [2.45, 2.75) is 51.6 Å². The van der Waals surface area contributed by atoms with E-state index in [-0.39, 0.29) is 17.5 Å². The molecule has 0 aromatic heterocycles. The van der Waals surface area contributed by atoms with Crippen LogP contribution in [0, 0.1) is 0 Å².